The van der Waals surface area contributed by atoms with Gasteiger partial charge < -0.3 is 15.4 Å². The molecule has 144 valence electrons. The average Bonchev–Trinajstić information content (AvgIpc) is 2.67. The first-order chi connectivity index (χ1) is 13.5. The van der Waals surface area contributed by atoms with Gasteiger partial charge in [0, 0.05) is 17.9 Å². The van der Waals surface area contributed by atoms with Crippen LogP contribution in [0, 0.1) is 12.7 Å². The molecule has 0 aromatic heterocycles. The van der Waals surface area contributed by atoms with Crippen LogP contribution in [0.4, 0.5) is 15.8 Å². The highest BCUT2D eigenvalue weighted by Crippen LogP contribution is 2.26. The zero-order valence-corrected chi connectivity index (χ0v) is 16.9. The molecule has 0 atom stereocenters. The molecule has 4 nitrogen and oxygen atoms in total. The van der Waals surface area contributed by atoms with E-state index in [0.29, 0.717) is 12.3 Å². The van der Waals surface area contributed by atoms with Crippen LogP contribution in [0.2, 0.25) is 0 Å². The second-order valence-electron chi connectivity index (χ2n) is 6.33. The number of rotatable bonds is 7. The lowest BCUT2D eigenvalue weighted by molar-refractivity contribution is -0.118. The first kappa shape index (κ1) is 19.9. The van der Waals surface area contributed by atoms with Crippen molar-refractivity contribution in [3.8, 4) is 5.75 Å². The zero-order chi connectivity index (χ0) is 19.9. The molecule has 28 heavy (non-hydrogen) atoms. The lowest BCUT2D eigenvalue weighted by Gasteiger charge is -2.11. The number of aryl methyl sites for hydroxylation is 1. The number of benzene rings is 3. The summed E-state index contributed by atoms with van der Waals surface area (Å²) in [7, 11) is 0. The quantitative estimate of drug-likeness (QED) is 0.505. The van der Waals surface area contributed by atoms with E-state index in [1.54, 1.807) is 12.1 Å². The predicted molar refractivity (Wildman–Crippen MR) is 113 cm³/mol. The molecule has 6 heteroatoms. The Morgan fingerprint density at radius 3 is 2.54 bits per heavy atom. The summed E-state index contributed by atoms with van der Waals surface area (Å²) in [6.07, 6.45) is 0. The molecule has 0 aliphatic rings. The lowest BCUT2D eigenvalue weighted by atomic mass is 10.2. The minimum absolute atomic E-state index is 0.0836. The molecule has 0 heterocycles. The van der Waals surface area contributed by atoms with E-state index in [4.69, 9.17) is 4.74 Å². The average molecular weight is 443 g/mol. The molecule has 0 bridgehead atoms. The molecule has 0 fully saturated rings. The van der Waals surface area contributed by atoms with Gasteiger partial charge in [0.1, 0.15) is 11.6 Å². The molecule has 3 rings (SSSR count). The van der Waals surface area contributed by atoms with Crippen LogP contribution >= 0.6 is 15.9 Å². The van der Waals surface area contributed by atoms with Gasteiger partial charge in [0.25, 0.3) is 5.91 Å². The number of ether oxygens (including phenoxy) is 1. The zero-order valence-electron chi connectivity index (χ0n) is 15.3. The van der Waals surface area contributed by atoms with Crippen molar-refractivity contribution in [2.24, 2.45) is 0 Å². The van der Waals surface area contributed by atoms with Crippen LogP contribution in [0.1, 0.15) is 11.1 Å². The fourth-order valence-electron chi connectivity index (χ4n) is 2.61. The van der Waals surface area contributed by atoms with Gasteiger partial charge in [0.2, 0.25) is 0 Å². The monoisotopic (exact) mass is 442 g/mol. The molecule has 0 saturated carbocycles. The third-order valence-corrected chi connectivity index (χ3v) is 4.62. The Morgan fingerprint density at radius 1 is 1.04 bits per heavy atom. The Morgan fingerprint density at radius 2 is 1.82 bits per heavy atom. The van der Waals surface area contributed by atoms with Gasteiger partial charge in [-0.25, -0.2) is 4.39 Å². The van der Waals surface area contributed by atoms with Crippen molar-refractivity contribution in [3.63, 3.8) is 0 Å². The maximum Gasteiger partial charge on any atom is 0.262 e. The van der Waals surface area contributed by atoms with Gasteiger partial charge >= 0.3 is 0 Å². The third-order valence-electron chi connectivity index (χ3n) is 4.00. The maximum absolute atomic E-state index is 12.9. The number of carbonyl (C=O) groups excluding carboxylic acids is 1. The smallest absolute Gasteiger partial charge is 0.262 e. The highest BCUT2D eigenvalue weighted by Gasteiger charge is 2.07. The van der Waals surface area contributed by atoms with E-state index in [9.17, 15) is 9.18 Å². The van der Waals surface area contributed by atoms with E-state index in [-0.39, 0.29) is 18.3 Å². The van der Waals surface area contributed by atoms with Crippen molar-refractivity contribution in [2.75, 3.05) is 17.2 Å². The van der Waals surface area contributed by atoms with E-state index in [2.05, 4.69) is 26.6 Å². The Bertz CT molecular complexity index is 961. The van der Waals surface area contributed by atoms with Gasteiger partial charge in [-0.2, -0.15) is 0 Å². The summed E-state index contributed by atoms with van der Waals surface area (Å²) >= 11 is 3.48. The molecule has 0 aliphatic heterocycles. The van der Waals surface area contributed by atoms with E-state index < -0.39 is 0 Å². The molecule has 0 radical (unpaired) electrons. The Labute approximate surface area is 171 Å². The van der Waals surface area contributed by atoms with Crippen molar-refractivity contribution in [2.45, 2.75) is 13.5 Å². The molecule has 3 aromatic carbocycles. The van der Waals surface area contributed by atoms with Gasteiger partial charge in [-0.1, -0.05) is 18.2 Å². The number of anilines is 2. The summed E-state index contributed by atoms with van der Waals surface area (Å²) in [5, 5.41) is 6.03. The molecule has 2 N–H and O–H groups in total. The predicted octanol–water partition coefficient (Wildman–Crippen LogP) is 5.53. The molecular formula is C22H20BrFN2O2. The summed E-state index contributed by atoms with van der Waals surface area (Å²) in [6.45, 7) is 2.47. The normalized spacial score (nSPS) is 10.4. The molecule has 3 aromatic rings. The van der Waals surface area contributed by atoms with E-state index in [1.807, 2.05) is 49.4 Å². The molecule has 0 aliphatic carbocycles. The van der Waals surface area contributed by atoms with Gasteiger partial charge in [-0.3, -0.25) is 4.79 Å². The van der Waals surface area contributed by atoms with Crippen LogP contribution in [-0.4, -0.2) is 12.5 Å². The summed E-state index contributed by atoms with van der Waals surface area (Å²) in [5.74, 6) is 0.103. The number of nitrogens with one attached hydrogen (secondary N) is 2. The lowest BCUT2D eigenvalue weighted by Crippen LogP contribution is -2.20. The summed E-state index contributed by atoms with van der Waals surface area (Å²) in [6, 6.07) is 19.4. The van der Waals surface area contributed by atoms with Crippen LogP contribution in [0.25, 0.3) is 0 Å². The molecule has 0 unspecified atom stereocenters. The topological polar surface area (TPSA) is 50.4 Å². The van der Waals surface area contributed by atoms with E-state index in [1.165, 1.54) is 12.1 Å². The van der Waals surface area contributed by atoms with Gasteiger partial charge in [0.15, 0.2) is 6.61 Å². The van der Waals surface area contributed by atoms with Crippen LogP contribution in [0.3, 0.4) is 0 Å². The Kier molecular flexibility index (Phi) is 6.66. The van der Waals surface area contributed by atoms with Gasteiger partial charge in [0.05, 0.1) is 4.47 Å². The number of hydrogen-bond acceptors (Lipinski definition) is 3. The highest BCUT2D eigenvalue weighted by atomic mass is 79.9. The SMILES string of the molecule is Cc1cccc(NC(=O)COc2ccc(CNc3ccc(F)cc3)cc2Br)c1. The fourth-order valence-corrected chi connectivity index (χ4v) is 3.15. The van der Waals surface area contributed by atoms with E-state index >= 15 is 0 Å². The van der Waals surface area contributed by atoms with Crippen molar-refractivity contribution >= 4 is 33.2 Å². The molecule has 1 amide bonds. The van der Waals surface area contributed by atoms with Crippen molar-refractivity contribution in [3.05, 3.63) is 88.1 Å². The molecule has 0 saturated heterocycles. The summed E-state index contributed by atoms with van der Waals surface area (Å²) < 4.78 is 19.3. The number of hydrogen-bond donors (Lipinski definition) is 2. The van der Waals surface area contributed by atoms with Crippen LogP contribution in [0.5, 0.6) is 5.75 Å². The minimum Gasteiger partial charge on any atom is -0.483 e. The molecular weight excluding hydrogens is 423 g/mol. The number of amides is 1. The van der Waals surface area contributed by atoms with Crippen molar-refractivity contribution < 1.29 is 13.9 Å². The van der Waals surface area contributed by atoms with Crippen LogP contribution in [0.15, 0.2) is 71.2 Å². The second kappa shape index (κ2) is 9.37. The summed E-state index contributed by atoms with van der Waals surface area (Å²) in [5.41, 5.74) is 3.68. The van der Waals surface area contributed by atoms with Crippen LogP contribution in [-0.2, 0) is 11.3 Å². The van der Waals surface area contributed by atoms with Gasteiger partial charge in [-0.05, 0) is 82.5 Å². The first-order valence-electron chi connectivity index (χ1n) is 8.77. The molecule has 0 spiro atoms. The number of halogens is 2. The Balaban J connectivity index is 1.52. The summed E-state index contributed by atoms with van der Waals surface area (Å²) in [4.78, 5) is 12.1. The third kappa shape index (κ3) is 5.82. The highest BCUT2D eigenvalue weighted by molar-refractivity contribution is 9.10. The largest absolute Gasteiger partial charge is 0.483 e. The fraction of sp³-hybridized carbons (Fsp3) is 0.136. The maximum atomic E-state index is 12.9. The van der Waals surface area contributed by atoms with E-state index in [0.717, 1.165) is 27.0 Å². The van der Waals surface area contributed by atoms with Crippen molar-refractivity contribution in [1.82, 2.24) is 0 Å². The van der Waals surface area contributed by atoms with Gasteiger partial charge in [-0.15, -0.1) is 0 Å². The number of carbonyl (C=O) groups is 1. The first-order valence-corrected chi connectivity index (χ1v) is 9.56. The Hall–Kier alpha value is -2.86. The standard InChI is InChI=1S/C22H20BrFN2O2/c1-15-3-2-4-19(11-15)26-22(27)14-28-21-10-5-16(12-20(21)23)13-25-18-8-6-17(24)7-9-18/h2-12,25H,13-14H2,1H3,(H,26,27). The second-order valence-corrected chi connectivity index (χ2v) is 7.19. The van der Waals surface area contributed by atoms with Crippen LogP contribution < -0.4 is 15.4 Å². The minimum atomic E-state index is -0.263. The van der Waals surface area contributed by atoms with Crippen molar-refractivity contribution in [1.29, 1.82) is 0 Å².